The number of fused-ring (bicyclic) bond motifs is 1. The van der Waals surface area contributed by atoms with Crippen molar-refractivity contribution in [1.29, 1.82) is 0 Å². The van der Waals surface area contributed by atoms with Gasteiger partial charge in [-0.2, -0.15) is 0 Å². The Kier molecular flexibility index (Phi) is 3.54. The molecule has 2 aromatic heterocycles. The normalized spacial score (nSPS) is 14.8. The van der Waals surface area contributed by atoms with E-state index in [1.54, 1.807) is 0 Å². The summed E-state index contributed by atoms with van der Waals surface area (Å²) < 4.78 is 3.29. The third-order valence-electron chi connectivity index (χ3n) is 3.86. The fraction of sp³-hybridized carbons (Fsp3) is 0.467. The van der Waals surface area contributed by atoms with Gasteiger partial charge in [0, 0.05) is 42.3 Å². The summed E-state index contributed by atoms with van der Waals surface area (Å²) in [5.41, 5.74) is 3.75. The molecule has 1 aliphatic heterocycles. The van der Waals surface area contributed by atoms with Crippen LogP contribution in [0.4, 0.5) is 5.69 Å². The van der Waals surface area contributed by atoms with Crippen molar-refractivity contribution in [2.75, 3.05) is 11.4 Å². The van der Waals surface area contributed by atoms with Gasteiger partial charge < -0.3 is 9.47 Å². The first-order valence-electron chi connectivity index (χ1n) is 6.96. The average molecular weight is 335 g/mol. The van der Waals surface area contributed by atoms with Gasteiger partial charge in [-0.05, 0) is 22.0 Å². The molecule has 3 rings (SSSR count). The van der Waals surface area contributed by atoms with Gasteiger partial charge in [-0.25, -0.2) is 4.98 Å². The first-order chi connectivity index (χ1) is 9.56. The Bertz CT molecular complexity index is 633. The highest BCUT2D eigenvalue weighted by atomic mass is 79.9. The van der Waals surface area contributed by atoms with Gasteiger partial charge in [0.2, 0.25) is 0 Å². The predicted molar refractivity (Wildman–Crippen MR) is 84.0 cm³/mol. The van der Waals surface area contributed by atoms with E-state index in [-0.39, 0.29) is 0 Å². The molecule has 0 bridgehead atoms. The summed E-state index contributed by atoms with van der Waals surface area (Å²) in [6, 6.07) is 2.12. The molecule has 0 radical (unpaired) electrons. The minimum absolute atomic E-state index is 0.464. The highest BCUT2D eigenvalue weighted by Crippen LogP contribution is 2.27. The zero-order valence-corrected chi connectivity index (χ0v) is 13.7. The maximum absolute atomic E-state index is 4.84. The largest absolute Gasteiger partial charge is 0.364 e. The number of anilines is 1. The molecule has 4 nitrogen and oxygen atoms in total. The van der Waals surface area contributed by atoms with Gasteiger partial charge in [0.25, 0.3) is 0 Å². The molecule has 0 aliphatic carbocycles. The number of rotatable bonds is 2. The molecule has 0 amide bonds. The third-order valence-corrected chi connectivity index (χ3v) is 4.30. The number of hydrogen-bond donors (Lipinski definition) is 0. The lowest BCUT2D eigenvalue weighted by Gasteiger charge is -2.28. The zero-order chi connectivity index (χ0) is 14.3. The van der Waals surface area contributed by atoms with Crippen molar-refractivity contribution in [3.63, 3.8) is 0 Å². The maximum atomic E-state index is 4.84. The number of aromatic nitrogens is 3. The van der Waals surface area contributed by atoms with E-state index in [0.29, 0.717) is 5.92 Å². The van der Waals surface area contributed by atoms with Crippen LogP contribution in [0, 0.1) is 0 Å². The van der Waals surface area contributed by atoms with E-state index < -0.39 is 0 Å². The van der Waals surface area contributed by atoms with Crippen LogP contribution in [0.2, 0.25) is 0 Å². The summed E-state index contributed by atoms with van der Waals surface area (Å²) in [4.78, 5) is 11.4. The smallest absolute Gasteiger partial charge is 0.111 e. The number of imidazole rings is 1. The Morgan fingerprint density at radius 2 is 2.10 bits per heavy atom. The fourth-order valence-corrected chi connectivity index (χ4v) is 3.21. The summed E-state index contributed by atoms with van der Waals surface area (Å²) in [5.74, 6) is 1.65. The molecule has 3 heterocycles. The Balaban J connectivity index is 1.91. The van der Waals surface area contributed by atoms with Crippen LogP contribution in [0.15, 0.2) is 22.9 Å². The van der Waals surface area contributed by atoms with Crippen LogP contribution in [0.25, 0.3) is 0 Å². The van der Waals surface area contributed by atoms with Gasteiger partial charge in [-0.1, -0.05) is 13.8 Å². The van der Waals surface area contributed by atoms with Crippen LogP contribution >= 0.6 is 15.9 Å². The second kappa shape index (κ2) is 5.20. The lowest BCUT2D eigenvalue weighted by molar-refractivity contribution is 0.662. The summed E-state index contributed by atoms with van der Waals surface area (Å²) in [6.07, 6.45) is 4.77. The molecule has 2 aromatic rings. The molecule has 0 fully saturated rings. The summed E-state index contributed by atoms with van der Waals surface area (Å²) >= 11 is 3.49. The van der Waals surface area contributed by atoms with E-state index in [9.17, 15) is 0 Å². The van der Waals surface area contributed by atoms with Crippen molar-refractivity contribution in [2.45, 2.75) is 32.7 Å². The van der Waals surface area contributed by atoms with Crippen LogP contribution in [0.1, 0.15) is 37.0 Å². The van der Waals surface area contributed by atoms with Crippen molar-refractivity contribution in [3.8, 4) is 0 Å². The van der Waals surface area contributed by atoms with Crippen LogP contribution in [-0.2, 0) is 20.0 Å². The first kappa shape index (κ1) is 13.6. The summed E-state index contributed by atoms with van der Waals surface area (Å²) in [7, 11) is 2.14. The van der Waals surface area contributed by atoms with Crippen LogP contribution in [0.3, 0.4) is 0 Å². The monoisotopic (exact) mass is 334 g/mol. The van der Waals surface area contributed by atoms with E-state index in [2.05, 4.69) is 57.3 Å². The summed E-state index contributed by atoms with van der Waals surface area (Å²) in [5, 5.41) is 0. The van der Waals surface area contributed by atoms with Crippen molar-refractivity contribution in [1.82, 2.24) is 14.5 Å². The minimum Gasteiger partial charge on any atom is -0.364 e. The van der Waals surface area contributed by atoms with Gasteiger partial charge >= 0.3 is 0 Å². The number of pyridine rings is 1. The molecule has 0 spiro atoms. The van der Waals surface area contributed by atoms with E-state index in [0.717, 1.165) is 29.7 Å². The molecule has 0 saturated heterocycles. The molecule has 0 unspecified atom stereocenters. The second-order valence-corrected chi connectivity index (χ2v) is 6.53. The first-order valence-corrected chi connectivity index (χ1v) is 7.75. The summed E-state index contributed by atoms with van der Waals surface area (Å²) in [6.45, 7) is 6.28. The molecule has 0 N–H and O–H groups in total. The molecular formula is C15H19BrN4. The minimum atomic E-state index is 0.464. The van der Waals surface area contributed by atoms with Gasteiger partial charge in [0.05, 0.1) is 24.1 Å². The number of hydrogen-bond acceptors (Lipinski definition) is 3. The highest BCUT2D eigenvalue weighted by molar-refractivity contribution is 9.10. The molecule has 20 heavy (non-hydrogen) atoms. The molecular weight excluding hydrogens is 316 g/mol. The highest BCUT2D eigenvalue weighted by Gasteiger charge is 2.23. The topological polar surface area (TPSA) is 34.0 Å². The van der Waals surface area contributed by atoms with E-state index in [1.807, 2.05) is 12.4 Å². The quantitative estimate of drug-likeness (QED) is 0.845. The third kappa shape index (κ3) is 2.35. The Morgan fingerprint density at radius 1 is 1.30 bits per heavy atom. The van der Waals surface area contributed by atoms with E-state index >= 15 is 0 Å². The second-order valence-electron chi connectivity index (χ2n) is 5.61. The Morgan fingerprint density at radius 3 is 2.80 bits per heavy atom. The molecule has 5 heteroatoms. The van der Waals surface area contributed by atoms with Gasteiger partial charge in [-0.3, -0.25) is 4.98 Å². The number of halogens is 1. The Labute approximate surface area is 128 Å². The molecule has 0 saturated carbocycles. The molecule has 0 atom stereocenters. The lowest BCUT2D eigenvalue weighted by atomic mass is 10.1. The van der Waals surface area contributed by atoms with Gasteiger partial charge in [0.1, 0.15) is 5.82 Å². The lowest BCUT2D eigenvalue weighted by Crippen LogP contribution is -2.31. The van der Waals surface area contributed by atoms with Gasteiger partial charge in [-0.15, -0.1) is 0 Å². The number of nitrogens with zero attached hydrogens (tertiary/aromatic N) is 4. The fourth-order valence-electron chi connectivity index (χ4n) is 2.86. The average Bonchev–Trinajstić information content (AvgIpc) is 2.76. The van der Waals surface area contributed by atoms with Crippen molar-refractivity contribution in [2.24, 2.45) is 7.05 Å². The Hall–Kier alpha value is -1.36. The van der Waals surface area contributed by atoms with Crippen molar-refractivity contribution in [3.05, 3.63) is 40.1 Å². The van der Waals surface area contributed by atoms with Crippen molar-refractivity contribution < 1.29 is 0 Å². The SMILES string of the molecule is CC(C)c1nc2c(n1C)CCN(c1cncc(Br)c1)C2. The van der Waals surface area contributed by atoms with E-state index in [1.165, 1.54) is 17.2 Å². The molecule has 0 aromatic carbocycles. The van der Waals surface area contributed by atoms with Crippen LogP contribution in [-0.4, -0.2) is 21.1 Å². The standard InChI is InChI=1S/C15H19BrN4/c1-10(2)15-18-13-9-20(5-4-14(13)19(15)3)12-6-11(16)7-17-8-12/h6-8,10H,4-5,9H2,1-3H3. The van der Waals surface area contributed by atoms with Crippen LogP contribution < -0.4 is 4.90 Å². The van der Waals surface area contributed by atoms with E-state index in [4.69, 9.17) is 4.98 Å². The van der Waals surface area contributed by atoms with Crippen molar-refractivity contribution >= 4 is 21.6 Å². The molecule has 1 aliphatic rings. The molecule has 106 valence electrons. The van der Waals surface area contributed by atoms with Gasteiger partial charge in [0.15, 0.2) is 0 Å². The predicted octanol–water partition coefficient (Wildman–Crippen LogP) is 3.26. The zero-order valence-electron chi connectivity index (χ0n) is 12.1. The van der Waals surface area contributed by atoms with Crippen LogP contribution in [0.5, 0.6) is 0 Å². The maximum Gasteiger partial charge on any atom is 0.111 e.